The maximum atomic E-state index is 12.9. The van der Waals surface area contributed by atoms with Gasteiger partial charge < -0.3 is 5.32 Å². The van der Waals surface area contributed by atoms with E-state index in [1.54, 1.807) is 13.8 Å². The van der Waals surface area contributed by atoms with Crippen LogP contribution in [0.3, 0.4) is 0 Å². The van der Waals surface area contributed by atoms with Crippen molar-refractivity contribution in [3.63, 3.8) is 0 Å². The summed E-state index contributed by atoms with van der Waals surface area (Å²) in [5.74, 6) is -0.265. The standard InChI is InChI=1S/C18H23BrN4O3S/c1-11-10-15(19)4-5-16(11)20-18(24)14-6-8-23(9-7-14)27(25,26)17-12(2)21-22-13(17)3/h4-5,10,14H,6-9H2,1-3H3,(H,20,24)(H,21,22). The number of nitrogens with one attached hydrogen (secondary N) is 2. The summed E-state index contributed by atoms with van der Waals surface area (Å²) in [5, 5.41) is 9.67. The summed E-state index contributed by atoms with van der Waals surface area (Å²) < 4.78 is 28.2. The number of aromatic nitrogens is 2. The van der Waals surface area contributed by atoms with Crippen molar-refractivity contribution in [2.45, 2.75) is 38.5 Å². The van der Waals surface area contributed by atoms with Gasteiger partial charge in [-0.1, -0.05) is 15.9 Å². The average Bonchev–Trinajstić information content (AvgIpc) is 2.96. The van der Waals surface area contributed by atoms with Gasteiger partial charge in [0, 0.05) is 29.2 Å². The number of H-pyrrole nitrogens is 1. The van der Waals surface area contributed by atoms with E-state index in [2.05, 4.69) is 31.4 Å². The van der Waals surface area contributed by atoms with Crippen molar-refractivity contribution in [1.29, 1.82) is 0 Å². The van der Waals surface area contributed by atoms with Crippen LogP contribution in [0.5, 0.6) is 0 Å². The number of anilines is 1. The van der Waals surface area contributed by atoms with Crippen molar-refractivity contribution in [1.82, 2.24) is 14.5 Å². The van der Waals surface area contributed by atoms with E-state index >= 15 is 0 Å². The summed E-state index contributed by atoms with van der Waals surface area (Å²) in [6.07, 6.45) is 0.993. The molecular formula is C18H23BrN4O3S. The van der Waals surface area contributed by atoms with Gasteiger partial charge in [-0.25, -0.2) is 8.42 Å². The van der Waals surface area contributed by atoms with Gasteiger partial charge in [0.1, 0.15) is 4.90 Å². The minimum Gasteiger partial charge on any atom is -0.326 e. The maximum absolute atomic E-state index is 12.9. The number of aromatic amines is 1. The quantitative estimate of drug-likeness (QED) is 0.741. The van der Waals surface area contributed by atoms with Crippen molar-refractivity contribution in [2.24, 2.45) is 5.92 Å². The molecule has 2 heterocycles. The van der Waals surface area contributed by atoms with Gasteiger partial charge in [-0.3, -0.25) is 9.89 Å². The Morgan fingerprint density at radius 1 is 1.26 bits per heavy atom. The topological polar surface area (TPSA) is 95.2 Å². The Morgan fingerprint density at radius 2 is 1.93 bits per heavy atom. The van der Waals surface area contributed by atoms with Crippen LogP contribution in [0.4, 0.5) is 5.69 Å². The smallest absolute Gasteiger partial charge is 0.246 e. The molecular weight excluding hydrogens is 432 g/mol. The number of sulfonamides is 1. The second kappa shape index (κ2) is 7.73. The number of rotatable bonds is 4. The van der Waals surface area contributed by atoms with Crippen LogP contribution in [0, 0.1) is 26.7 Å². The van der Waals surface area contributed by atoms with Crippen LogP contribution in [0.15, 0.2) is 27.6 Å². The fourth-order valence-corrected chi connectivity index (χ4v) is 5.69. The fourth-order valence-electron chi connectivity index (χ4n) is 3.41. The number of hydrogen-bond donors (Lipinski definition) is 2. The Balaban J connectivity index is 1.65. The lowest BCUT2D eigenvalue weighted by molar-refractivity contribution is -0.120. The summed E-state index contributed by atoms with van der Waals surface area (Å²) in [5.41, 5.74) is 2.77. The molecule has 7 nitrogen and oxygen atoms in total. The van der Waals surface area contributed by atoms with Crippen LogP contribution in [-0.4, -0.2) is 41.9 Å². The molecule has 1 amide bonds. The summed E-state index contributed by atoms with van der Waals surface area (Å²) >= 11 is 3.41. The Labute approximate surface area is 167 Å². The number of halogens is 1. The molecule has 0 saturated carbocycles. The second-order valence-electron chi connectivity index (χ2n) is 6.89. The second-order valence-corrected chi connectivity index (χ2v) is 9.68. The highest BCUT2D eigenvalue weighted by Gasteiger charge is 2.34. The Hall–Kier alpha value is -1.71. The van der Waals surface area contributed by atoms with Gasteiger partial charge in [-0.2, -0.15) is 9.40 Å². The number of benzene rings is 1. The van der Waals surface area contributed by atoms with Gasteiger partial charge in [0.15, 0.2) is 0 Å². The van der Waals surface area contributed by atoms with Crippen LogP contribution in [0.2, 0.25) is 0 Å². The van der Waals surface area contributed by atoms with Gasteiger partial charge in [0.05, 0.1) is 11.4 Å². The lowest BCUT2D eigenvalue weighted by atomic mass is 9.97. The molecule has 1 aliphatic rings. The highest BCUT2D eigenvalue weighted by Crippen LogP contribution is 2.28. The van der Waals surface area contributed by atoms with Crippen LogP contribution in [0.25, 0.3) is 0 Å². The lowest BCUT2D eigenvalue weighted by Gasteiger charge is -2.30. The van der Waals surface area contributed by atoms with Crippen LogP contribution >= 0.6 is 15.9 Å². The molecule has 0 radical (unpaired) electrons. The minimum absolute atomic E-state index is 0.0619. The van der Waals surface area contributed by atoms with E-state index in [1.807, 2.05) is 25.1 Å². The molecule has 2 N–H and O–H groups in total. The van der Waals surface area contributed by atoms with E-state index in [1.165, 1.54) is 4.31 Å². The molecule has 0 aliphatic carbocycles. The molecule has 0 unspecified atom stereocenters. The van der Waals surface area contributed by atoms with E-state index < -0.39 is 10.0 Å². The number of nitrogens with zero attached hydrogens (tertiary/aromatic N) is 2. The van der Waals surface area contributed by atoms with E-state index in [4.69, 9.17) is 0 Å². The number of piperidine rings is 1. The normalized spacial score (nSPS) is 16.4. The van der Waals surface area contributed by atoms with E-state index in [9.17, 15) is 13.2 Å². The molecule has 2 aromatic rings. The SMILES string of the molecule is Cc1cc(Br)ccc1NC(=O)C1CCN(S(=O)(=O)c2c(C)n[nH]c2C)CC1. The fraction of sp³-hybridized carbons (Fsp3) is 0.444. The number of amides is 1. The maximum Gasteiger partial charge on any atom is 0.246 e. The highest BCUT2D eigenvalue weighted by molar-refractivity contribution is 9.10. The van der Waals surface area contributed by atoms with Gasteiger partial charge in [-0.15, -0.1) is 0 Å². The zero-order valence-electron chi connectivity index (χ0n) is 15.5. The number of aryl methyl sites for hydroxylation is 3. The highest BCUT2D eigenvalue weighted by atomic mass is 79.9. The first kappa shape index (κ1) is 20.0. The van der Waals surface area contributed by atoms with Crippen LogP contribution in [-0.2, 0) is 14.8 Å². The van der Waals surface area contributed by atoms with E-state index in [-0.39, 0.29) is 16.7 Å². The summed E-state index contributed by atoms with van der Waals surface area (Å²) in [7, 11) is -3.60. The number of carbonyl (C=O) groups is 1. The van der Waals surface area contributed by atoms with Crippen LogP contribution in [0.1, 0.15) is 29.8 Å². The van der Waals surface area contributed by atoms with Crippen molar-refractivity contribution in [3.8, 4) is 0 Å². The van der Waals surface area contributed by atoms with Crippen molar-refractivity contribution in [2.75, 3.05) is 18.4 Å². The zero-order chi connectivity index (χ0) is 19.8. The molecule has 9 heteroatoms. The molecule has 0 bridgehead atoms. The molecule has 1 saturated heterocycles. The van der Waals surface area contributed by atoms with Gasteiger partial charge in [0.2, 0.25) is 15.9 Å². The van der Waals surface area contributed by atoms with Crippen molar-refractivity contribution < 1.29 is 13.2 Å². The predicted molar refractivity (Wildman–Crippen MR) is 107 cm³/mol. The molecule has 0 spiro atoms. The van der Waals surface area contributed by atoms with Gasteiger partial charge in [0.25, 0.3) is 0 Å². The molecule has 1 aromatic carbocycles. The number of carbonyl (C=O) groups excluding carboxylic acids is 1. The Morgan fingerprint density at radius 3 is 2.48 bits per heavy atom. The molecule has 0 atom stereocenters. The third-order valence-electron chi connectivity index (χ3n) is 4.93. The average molecular weight is 455 g/mol. The van der Waals surface area contributed by atoms with Crippen LogP contribution < -0.4 is 5.32 Å². The zero-order valence-corrected chi connectivity index (χ0v) is 17.9. The molecule has 146 valence electrons. The van der Waals surface area contributed by atoms with Gasteiger partial charge >= 0.3 is 0 Å². The minimum atomic E-state index is -3.60. The number of hydrogen-bond acceptors (Lipinski definition) is 4. The molecule has 1 aromatic heterocycles. The first-order valence-electron chi connectivity index (χ1n) is 8.79. The van der Waals surface area contributed by atoms with Gasteiger partial charge in [-0.05, 0) is 57.4 Å². The molecule has 1 fully saturated rings. The molecule has 27 heavy (non-hydrogen) atoms. The van der Waals surface area contributed by atoms with Crippen molar-refractivity contribution in [3.05, 3.63) is 39.6 Å². The lowest BCUT2D eigenvalue weighted by Crippen LogP contribution is -2.41. The third-order valence-corrected chi connectivity index (χ3v) is 7.59. The Bertz CT molecular complexity index is 943. The van der Waals surface area contributed by atoms with Crippen molar-refractivity contribution >= 4 is 37.5 Å². The largest absolute Gasteiger partial charge is 0.326 e. The first-order valence-corrected chi connectivity index (χ1v) is 11.0. The first-order chi connectivity index (χ1) is 12.7. The summed E-state index contributed by atoms with van der Waals surface area (Å²) in [4.78, 5) is 12.8. The third kappa shape index (κ3) is 4.09. The van der Waals surface area contributed by atoms with E-state index in [0.29, 0.717) is 37.3 Å². The monoisotopic (exact) mass is 454 g/mol. The Kier molecular flexibility index (Phi) is 5.73. The summed E-state index contributed by atoms with van der Waals surface area (Å²) in [6.45, 7) is 5.96. The van der Waals surface area contributed by atoms with E-state index in [0.717, 1.165) is 15.7 Å². The molecule has 1 aliphatic heterocycles. The predicted octanol–water partition coefficient (Wildman–Crippen LogP) is 3.14. The molecule has 3 rings (SSSR count). The summed E-state index contributed by atoms with van der Waals surface area (Å²) in [6, 6.07) is 5.69.